The van der Waals surface area contributed by atoms with Crippen LogP contribution in [0.3, 0.4) is 0 Å². The van der Waals surface area contributed by atoms with Gasteiger partial charge in [-0.15, -0.1) is 0 Å². The quantitative estimate of drug-likeness (QED) is 0.811. The van der Waals surface area contributed by atoms with Crippen LogP contribution in [0.1, 0.15) is 39.5 Å². The third-order valence-electron chi connectivity index (χ3n) is 4.22. The smallest absolute Gasteiger partial charge is 0.0468 e. The number of thioether (sulfide) groups is 2. The average molecular weight is 304 g/mol. The molecule has 2 nitrogen and oxygen atoms in total. The van der Waals surface area contributed by atoms with Crippen molar-refractivity contribution in [3.63, 3.8) is 0 Å². The lowest BCUT2D eigenvalue weighted by Gasteiger charge is -2.37. The maximum Gasteiger partial charge on any atom is 0.0468 e. The molecule has 3 atom stereocenters. The lowest BCUT2D eigenvalue weighted by atomic mass is 9.90. The number of hydrogen-bond acceptors (Lipinski definition) is 4. The molecule has 2 rings (SSSR count). The van der Waals surface area contributed by atoms with E-state index in [2.05, 4.69) is 42.7 Å². The van der Waals surface area contributed by atoms with Gasteiger partial charge in [0.15, 0.2) is 0 Å². The van der Waals surface area contributed by atoms with Gasteiger partial charge in [0.25, 0.3) is 0 Å². The molecule has 2 saturated heterocycles. The fraction of sp³-hybridized carbons (Fsp3) is 1.00. The van der Waals surface area contributed by atoms with Gasteiger partial charge in [-0.3, -0.25) is 0 Å². The third-order valence-corrected chi connectivity index (χ3v) is 7.47. The van der Waals surface area contributed by atoms with Crippen molar-refractivity contribution in [2.24, 2.45) is 5.92 Å². The lowest BCUT2D eigenvalue weighted by Crippen LogP contribution is -2.46. The van der Waals surface area contributed by atoms with E-state index in [9.17, 15) is 0 Å². The Morgan fingerprint density at radius 1 is 1.21 bits per heavy atom. The lowest BCUT2D eigenvalue weighted by molar-refractivity contribution is 0.0605. The van der Waals surface area contributed by atoms with E-state index < -0.39 is 0 Å². The van der Waals surface area contributed by atoms with Crippen LogP contribution < -0.4 is 5.32 Å². The molecule has 19 heavy (non-hydrogen) atoms. The minimum Gasteiger partial charge on any atom is -0.381 e. The van der Waals surface area contributed by atoms with E-state index >= 15 is 0 Å². The summed E-state index contributed by atoms with van der Waals surface area (Å²) in [5.74, 6) is 3.54. The maximum absolute atomic E-state index is 5.50. The molecule has 4 heteroatoms. The van der Waals surface area contributed by atoms with Gasteiger partial charge in [0.2, 0.25) is 0 Å². The molecule has 2 aliphatic heterocycles. The molecule has 112 valence electrons. The third kappa shape index (κ3) is 5.14. The number of nitrogens with one attached hydrogen (secondary N) is 1. The van der Waals surface area contributed by atoms with Crippen LogP contribution in [0.2, 0.25) is 0 Å². The molecular weight excluding hydrogens is 274 g/mol. The van der Waals surface area contributed by atoms with E-state index in [4.69, 9.17) is 4.74 Å². The zero-order valence-corrected chi connectivity index (χ0v) is 14.0. The van der Waals surface area contributed by atoms with Gasteiger partial charge in [-0.25, -0.2) is 0 Å². The Kier molecular flexibility index (Phi) is 7.42. The van der Waals surface area contributed by atoms with E-state index in [1.54, 1.807) is 0 Å². The normalized spacial score (nSPS) is 31.3. The van der Waals surface area contributed by atoms with Crippen molar-refractivity contribution in [3.05, 3.63) is 0 Å². The summed E-state index contributed by atoms with van der Waals surface area (Å²) in [7, 11) is 0. The Hall–Kier alpha value is 0.620. The predicted molar refractivity (Wildman–Crippen MR) is 88.4 cm³/mol. The van der Waals surface area contributed by atoms with Crippen LogP contribution in [-0.2, 0) is 4.74 Å². The number of ether oxygens (including phenoxy) is 1. The molecule has 2 fully saturated rings. The van der Waals surface area contributed by atoms with Crippen LogP contribution in [0.15, 0.2) is 0 Å². The van der Waals surface area contributed by atoms with Crippen molar-refractivity contribution in [2.45, 2.75) is 56.1 Å². The second kappa shape index (κ2) is 8.81. The van der Waals surface area contributed by atoms with Gasteiger partial charge >= 0.3 is 0 Å². The monoisotopic (exact) mass is 303 g/mol. The fourth-order valence-electron chi connectivity index (χ4n) is 3.10. The SMILES string of the molecule is CCCNC(CC1CCOCC1)C1SCCSC1C. The summed E-state index contributed by atoms with van der Waals surface area (Å²) < 4.78 is 5.50. The summed E-state index contributed by atoms with van der Waals surface area (Å²) >= 11 is 4.37. The van der Waals surface area contributed by atoms with E-state index in [1.165, 1.54) is 43.7 Å². The molecule has 1 N–H and O–H groups in total. The number of rotatable bonds is 6. The van der Waals surface area contributed by atoms with Crippen LogP contribution in [0, 0.1) is 5.92 Å². The zero-order valence-electron chi connectivity index (χ0n) is 12.4. The summed E-state index contributed by atoms with van der Waals surface area (Å²) in [5.41, 5.74) is 0. The minimum absolute atomic E-state index is 0.704. The van der Waals surface area contributed by atoms with Crippen molar-refractivity contribution in [3.8, 4) is 0 Å². The molecule has 0 radical (unpaired) electrons. The van der Waals surface area contributed by atoms with Crippen LogP contribution >= 0.6 is 23.5 Å². The van der Waals surface area contributed by atoms with E-state index in [0.717, 1.165) is 29.6 Å². The molecule has 0 aromatic rings. The molecule has 0 amide bonds. The highest BCUT2D eigenvalue weighted by molar-refractivity contribution is 8.07. The first-order valence-electron chi connectivity index (χ1n) is 7.85. The summed E-state index contributed by atoms with van der Waals surface area (Å²) in [6, 6.07) is 0.704. The second-order valence-electron chi connectivity index (χ2n) is 5.76. The molecule has 0 bridgehead atoms. The Balaban J connectivity index is 1.89. The largest absolute Gasteiger partial charge is 0.381 e. The topological polar surface area (TPSA) is 21.3 Å². The Labute approximate surface area is 127 Å². The molecule has 0 aromatic heterocycles. The van der Waals surface area contributed by atoms with Crippen LogP contribution in [-0.4, -0.2) is 47.8 Å². The van der Waals surface area contributed by atoms with Crippen molar-refractivity contribution in [2.75, 3.05) is 31.3 Å². The minimum atomic E-state index is 0.704. The van der Waals surface area contributed by atoms with Gasteiger partial charge in [-0.1, -0.05) is 13.8 Å². The van der Waals surface area contributed by atoms with Crippen molar-refractivity contribution < 1.29 is 4.74 Å². The summed E-state index contributed by atoms with van der Waals surface area (Å²) in [6.07, 6.45) is 5.13. The van der Waals surface area contributed by atoms with E-state index in [0.29, 0.717) is 6.04 Å². The molecule has 3 unspecified atom stereocenters. The molecular formula is C15H29NOS2. The van der Waals surface area contributed by atoms with Crippen molar-refractivity contribution in [1.29, 1.82) is 0 Å². The molecule has 2 aliphatic rings. The van der Waals surface area contributed by atoms with Gasteiger partial charge in [-0.2, -0.15) is 23.5 Å². The highest BCUT2D eigenvalue weighted by Gasteiger charge is 2.31. The maximum atomic E-state index is 5.50. The first-order valence-corrected chi connectivity index (χ1v) is 9.95. The summed E-state index contributed by atoms with van der Waals surface area (Å²) in [4.78, 5) is 0. The highest BCUT2D eigenvalue weighted by Crippen LogP contribution is 2.35. The van der Waals surface area contributed by atoms with Crippen LogP contribution in [0.4, 0.5) is 0 Å². The predicted octanol–water partition coefficient (Wildman–Crippen LogP) is 3.41. The standard InChI is InChI=1S/C15H29NOS2/c1-3-6-16-14(11-13-4-7-17-8-5-13)15-12(2)18-9-10-19-15/h12-16H,3-11H2,1-2H3. The van der Waals surface area contributed by atoms with E-state index in [-0.39, 0.29) is 0 Å². The Bertz CT molecular complexity index is 246. The van der Waals surface area contributed by atoms with Crippen molar-refractivity contribution >= 4 is 23.5 Å². The molecule has 2 heterocycles. The van der Waals surface area contributed by atoms with Gasteiger partial charge in [0.05, 0.1) is 0 Å². The second-order valence-corrected chi connectivity index (χ2v) is 8.53. The van der Waals surface area contributed by atoms with Gasteiger partial charge in [-0.05, 0) is 38.1 Å². The number of hydrogen-bond donors (Lipinski definition) is 1. The van der Waals surface area contributed by atoms with Crippen molar-refractivity contribution in [1.82, 2.24) is 5.32 Å². The highest BCUT2D eigenvalue weighted by atomic mass is 32.2. The summed E-state index contributed by atoms with van der Waals surface area (Å²) in [5, 5.41) is 5.44. The summed E-state index contributed by atoms with van der Waals surface area (Å²) in [6.45, 7) is 7.82. The molecule has 0 aromatic carbocycles. The first kappa shape index (κ1) is 16.0. The first-order chi connectivity index (χ1) is 9.31. The fourth-order valence-corrected chi connectivity index (χ4v) is 6.07. The Morgan fingerprint density at radius 3 is 2.63 bits per heavy atom. The van der Waals surface area contributed by atoms with Crippen LogP contribution in [0.25, 0.3) is 0 Å². The van der Waals surface area contributed by atoms with Gasteiger partial charge < -0.3 is 10.1 Å². The molecule has 0 aliphatic carbocycles. The molecule has 0 spiro atoms. The zero-order chi connectivity index (χ0) is 13.5. The van der Waals surface area contributed by atoms with E-state index in [1.807, 2.05) is 0 Å². The van der Waals surface area contributed by atoms with Crippen LogP contribution in [0.5, 0.6) is 0 Å². The Morgan fingerprint density at radius 2 is 1.95 bits per heavy atom. The average Bonchev–Trinajstić information content (AvgIpc) is 2.45. The van der Waals surface area contributed by atoms with Gasteiger partial charge in [0, 0.05) is 41.3 Å². The van der Waals surface area contributed by atoms with Gasteiger partial charge in [0.1, 0.15) is 0 Å². The molecule has 0 saturated carbocycles.